The highest BCUT2D eigenvalue weighted by Gasteiger charge is 2.52. The van der Waals surface area contributed by atoms with Crippen molar-refractivity contribution in [2.75, 3.05) is 0 Å². The minimum atomic E-state index is -0.889. The Balaban J connectivity index is 1.83. The molecule has 0 aromatic heterocycles. The van der Waals surface area contributed by atoms with Gasteiger partial charge in [0, 0.05) is 5.92 Å². The fraction of sp³-hybridized carbons (Fsp3) is 0.917. The van der Waals surface area contributed by atoms with Crippen LogP contribution in [0.25, 0.3) is 0 Å². The number of rotatable bonds is 3. The highest BCUT2D eigenvalue weighted by molar-refractivity contribution is 5.72. The lowest BCUT2D eigenvalue weighted by Crippen LogP contribution is -2.52. The van der Waals surface area contributed by atoms with Crippen molar-refractivity contribution in [3.63, 3.8) is 0 Å². The van der Waals surface area contributed by atoms with Crippen LogP contribution in [0.4, 0.5) is 0 Å². The molecule has 4 rings (SSSR count). The lowest BCUT2D eigenvalue weighted by molar-refractivity contribution is -0.169. The van der Waals surface area contributed by atoms with Gasteiger partial charge in [-0.05, 0) is 55.8 Å². The lowest BCUT2D eigenvalue weighted by atomic mass is 9.51. The van der Waals surface area contributed by atoms with Crippen LogP contribution in [0.3, 0.4) is 0 Å². The summed E-state index contributed by atoms with van der Waals surface area (Å²) < 4.78 is 0. The molecule has 0 radical (unpaired) electrons. The molecule has 0 aromatic rings. The molecule has 4 bridgehead atoms. The van der Waals surface area contributed by atoms with Gasteiger partial charge in [-0.25, -0.2) is 10.7 Å². The van der Waals surface area contributed by atoms with E-state index in [-0.39, 0.29) is 5.92 Å². The summed E-state index contributed by atoms with van der Waals surface area (Å²) in [5.74, 6) is 7.24. The maximum absolute atomic E-state index is 11.1. The van der Waals surface area contributed by atoms with E-state index in [4.69, 9.17) is 15.8 Å². The standard InChI is InChI=1S/C12H19NO3/c13-16-11(12(14)15)10-8-2-6-1-7(4-8)5-9(10)3-6/h6-11H,1-5,13H2,(H,14,15). The topological polar surface area (TPSA) is 72.5 Å². The predicted octanol–water partition coefficient (Wildman–Crippen LogP) is 1.40. The average molecular weight is 225 g/mol. The highest BCUT2D eigenvalue weighted by atomic mass is 16.6. The van der Waals surface area contributed by atoms with Crippen LogP contribution in [0.15, 0.2) is 0 Å². The van der Waals surface area contributed by atoms with Crippen molar-refractivity contribution < 1.29 is 14.7 Å². The summed E-state index contributed by atoms with van der Waals surface area (Å²) in [7, 11) is 0. The van der Waals surface area contributed by atoms with Gasteiger partial charge in [0.15, 0.2) is 6.10 Å². The first-order valence-electron chi connectivity index (χ1n) is 6.27. The minimum absolute atomic E-state index is 0.162. The fourth-order valence-electron chi connectivity index (χ4n) is 4.78. The molecule has 4 nitrogen and oxygen atoms in total. The molecule has 3 N–H and O–H groups in total. The molecule has 1 unspecified atom stereocenters. The largest absolute Gasteiger partial charge is 0.479 e. The van der Waals surface area contributed by atoms with Crippen molar-refractivity contribution >= 4 is 5.97 Å². The molecular formula is C12H19NO3. The van der Waals surface area contributed by atoms with Crippen LogP contribution >= 0.6 is 0 Å². The van der Waals surface area contributed by atoms with Gasteiger partial charge in [-0.15, -0.1) is 0 Å². The molecule has 4 heteroatoms. The smallest absolute Gasteiger partial charge is 0.335 e. The quantitative estimate of drug-likeness (QED) is 0.712. The van der Waals surface area contributed by atoms with Crippen LogP contribution < -0.4 is 5.90 Å². The Labute approximate surface area is 95.1 Å². The number of carboxylic acids is 1. The van der Waals surface area contributed by atoms with E-state index < -0.39 is 12.1 Å². The van der Waals surface area contributed by atoms with Gasteiger partial charge in [0.1, 0.15) is 0 Å². The van der Waals surface area contributed by atoms with E-state index in [0.29, 0.717) is 11.8 Å². The number of carboxylic acid groups (broad SMARTS) is 1. The van der Waals surface area contributed by atoms with Crippen molar-refractivity contribution in [2.45, 2.75) is 38.2 Å². The van der Waals surface area contributed by atoms with E-state index in [1.165, 1.54) is 32.1 Å². The summed E-state index contributed by atoms with van der Waals surface area (Å²) >= 11 is 0. The zero-order valence-electron chi connectivity index (χ0n) is 9.34. The van der Waals surface area contributed by atoms with Crippen molar-refractivity contribution in [2.24, 2.45) is 35.5 Å². The Morgan fingerprint density at radius 1 is 1.12 bits per heavy atom. The van der Waals surface area contributed by atoms with Crippen molar-refractivity contribution in [1.29, 1.82) is 0 Å². The van der Waals surface area contributed by atoms with Gasteiger partial charge in [-0.1, -0.05) is 0 Å². The van der Waals surface area contributed by atoms with Gasteiger partial charge in [0.05, 0.1) is 0 Å². The predicted molar refractivity (Wildman–Crippen MR) is 57.2 cm³/mol. The van der Waals surface area contributed by atoms with Crippen LogP contribution in [0.1, 0.15) is 32.1 Å². The molecule has 0 heterocycles. The molecule has 4 fully saturated rings. The number of carbonyl (C=O) groups is 1. The Hall–Kier alpha value is -0.610. The second-order valence-corrected chi connectivity index (χ2v) is 5.90. The normalized spacial score (nSPS) is 46.9. The van der Waals surface area contributed by atoms with Crippen molar-refractivity contribution in [3.8, 4) is 0 Å². The third-order valence-electron chi connectivity index (χ3n) is 5.04. The zero-order chi connectivity index (χ0) is 11.3. The SMILES string of the molecule is NOC(C(=O)O)C1C2CC3CC(C2)CC1C3. The second-order valence-electron chi connectivity index (χ2n) is 5.90. The molecule has 4 aliphatic rings. The van der Waals surface area contributed by atoms with E-state index in [1.54, 1.807) is 0 Å². The van der Waals surface area contributed by atoms with Gasteiger partial charge >= 0.3 is 5.97 Å². The first-order valence-corrected chi connectivity index (χ1v) is 6.27. The van der Waals surface area contributed by atoms with Gasteiger partial charge in [-0.3, -0.25) is 4.84 Å². The van der Waals surface area contributed by atoms with Crippen LogP contribution in [-0.4, -0.2) is 17.2 Å². The third kappa shape index (κ3) is 1.47. The van der Waals surface area contributed by atoms with Gasteiger partial charge in [0.25, 0.3) is 0 Å². The van der Waals surface area contributed by atoms with E-state index in [2.05, 4.69) is 0 Å². The Morgan fingerprint density at radius 3 is 2.00 bits per heavy atom. The van der Waals surface area contributed by atoms with Crippen LogP contribution in [0.5, 0.6) is 0 Å². The summed E-state index contributed by atoms with van der Waals surface area (Å²) in [5, 5.41) is 9.15. The van der Waals surface area contributed by atoms with Gasteiger partial charge in [-0.2, -0.15) is 0 Å². The third-order valence-corrected chi connectivity index (χ3v) is 5.04. The average Bonchev–Trinajstić information content (AvgIpc) is 2.21. The molecule has 4 saturated carbocycles. The summed E-state index contributed by atoms with van der Waals surface area (Å²) in [5.41, 5.74) is 0. The molecule has 0 amide bonds. The van der Waals surface area contributed by atoms with E-state index >= 15 is 0 Å². The zero-order valence-corrected chi connectivity index (χ0v) is 9.34. The maximum Gasteiger partial charge on any atom is 0.335 e. The molecule has 16 heavy (non-hydrogen) atoms. The van der Waals surface area contributed by atoms with Gasteiger partial charge < -0.3 is 5.11 Å². The van der Waals surface area contributed by atoms with E-state index in [0.717, 1.165) is 11.8 Å². The molecule has 0 saturated heterocycles. The van der Waals surface area contributed by atoms with Crippen molar-refractivity contribution in [1.82, 2.24) is 0 Å². The highest BCUT2D eigenvalue weighted by Crippen LogP contribution is 2.57. The number of hydrogen-bond donors (Lipinski definition) is 2. The van der Waals surface area contributed by atoms with E-state index in [1.807, 2.05) is 0 Å². The monoisotopic (exact) mass is 225 g/mol. The molecule has 0 spiro atoms. The summed E-state index contributed by atoms with van der Waals surface area (Å²) in [4.78, 5) is 15.9. The van der Waals surface area contributed by atoms with Crippen LogP contribution in [0.2, 0.25) is 0 Å². The number of nitrogens with two attached hydrogens (primary N) is 1. The number of aliphatic carboxylic acids is 1. The van der Waals surface area contributed by atoms with Crippen LogP contribution in [-0.2, 0) is 9.63 Å². The summed E-state index contributed by atoms with van der Waals surface area (Å²) in [6.45, 7) is 0. The summed E-state index contributed by atoms with van der Waals surface area (Å²) in [6.07, 6.45) is 5.39. The molecule has 0 aliphatic heterocycles. The molecule has 1 atom stereocenters. The minimum Gasteiger partial charge on any atom is -0.479 e. The fourth-order valence-corrected chi connectivity index (χ4v) is 4.78. The second kappa shape index (κ2) is 3.70. The first kappa shape index (κ1) is 10.5. The molecule has 90 valence electrons. The summed E-state index contributed by atoms with van der Waals surface area (Å²) in [6, 6.07) is 0. The lowest BCUT2D eigenvalue weighted by Gasteiger charge is -2.55. The molecule has 4 aliphatic carbocycles. The van der Waals surface area contributed by atoms with Crippen molar-refractivity contribution in [3.05, 3.63) is 0 Å². The Bertz CT molecular complexity index is 277. The Morgan fingerprint density at radius 2 is 1.62 bits per heavy atom. The first-order chi connectivity index (χ1) is 7.69. The van der Waals surface area contributed by atoms with Gasteiger partial charge in [0.2, 0.25) is 0 Å². The molecular weight excluding hydrogens is 206 g/mol. The molecule has 0 aromatic carbocycles. The number of hydrogen-bond acceptors (Lipinski definition) is 3. The van der Waals surface area contributed by atoms with Crippen LogP contribution in [0, 0.1) is 29.6 Å². The Kier molecular flexibility index (Phi) is 2.44. The maximum atomic E-state index is 11.1. The van der Waals surface area contributed by atoms with E-state index in [9.17, 15) is 4.79 Å².